The van der Waals surface area contributed by atoms with Gasteiger partial charge in [0.25, 0.3) is 5.91 Å². The zero-order valence-corrected chi connectivity index (χ0v) is 14.6. The third-order valence-electron chi connectivity index (χ3n) is 5.51. The minimum Gasteiger partial charge on any atom is -0.472 e. The van der Waals surface area contributed by atoms with Gasteiger partial charge in [0.1, 0.15) is 12.1 Å². The van der Waals surface area contributed by atoms with Gasteiger partial charge in [-0.1, -0.05) is 12.8 Å². The maximum Gasteiger partial charge on any atom is 0.345 e. The van der Waals surface area contributed by atoms with Gasteiger partial charge in [-0.3, -0.25) is 9.36 Å². The second-order valence-electron chi connectivity index (χ2n) is 7.18. The van der Waals surface area contributed by atoms with E-state index in [0.29, 0.717) is 12.1 Å². The van der Waals surface area contributed by atoms with Gasteiger partial charge in [-0.05, 0) is 31.7 Å². The topological polar surface area (TPSA) is 73.3 Å². The number of furan rings is 1. The van der Waals surface area contributed by atoms with Crippen LogP contribution in [0.5, 0.6) is 0 Å². The quantitative estimate of drug-likeness (QED) is 0.856. The van der Waals surface area contributed by atoms with Crippen molar-refractivity contribution in [2.45, 2.75) is 50.5 Å². The van der Waals surface area contributed by atoms with Crippen LogP contribution in [0.1, 0.15) is 66.7 Å². The SMILES string of the molecule is Cn1nc(C2CCCN(C(=O)c3ccoc3)C2)n(C2CCCC2)c1=O. The van der Waals surface area contributed by atoms with Gasteiger partial charge in [0.15, 0.2) is 0 Å². The van der Waals surface area contributed by atoms with Gasteiger partial charge < -0.3 is 9.32 Å². The van der Waals surface area contributed by atoms with Crippen LogP contribution in [-0.4, -0.2) is 38.2 Å². The Balaban J connectivity index is 1.60. The number of nitrogens with zero attached hydrogens (tertiary/aromatic N) is 4. The number of aryl methyl sites for hydroxylation is 1. The number of rotatable bonds is 3. The van der Waals surface area contributed by atoms with Crippen LogP contribution in [0.25, 0.3) is 0 Å². The van der Waals surface area contributed by atoms with Gasteiger partial charge >= 0.3 is 5.69 Å². The fourth-order valence-corrected chi connectivity index (χ4v) is 4.22. The molecule has 4 rings (SSSR count). The van der Waals surface area contributed by atoms with E-state index in [-0.39, 0.29) is 23.6 Å². The van der Waals surface area contributed by atoms with E-state index < -0.39 is 0 Å². The largest absolute Gasteiger partial charge is 0.472 e. The highest BCUT2D eigenvalue weighted by Crippen LogP contribution is 2.33. The Morgan fingerprint density at radius 1 is 1.24 bits per heavy atom. The molecule has 7 heteroatoms. The van der Waals surface area contributed by atoms with Crippen LogP contribution in [0.2, 0.25) is 0 Å². The smallest absolute Gasteiger partial charge is 0.345 e. The van der Waals surface area contributed by atoms with Crippen LogP contribution in [-0.2, 0) is 7.05 Å². The molecule has 0 radical (unpaired) electrons. The van der Waals surface area contributed by atoms with Crippen LogP contribution >= 0.6 is 0 Å². The molecule has 0 spiro atoms. The molecule has 1 saturated heterocycles. The molecule has 0 bridgehead atoms. The molecule has 1 aliphatic carbocycles. The van der Waals surface area contributed by atoms with Gasteiger partial charge in [0, 0.05) is 32.1 Å². The van der Waals surface area contributed by atoms with E-state index in [1.807, 2.05) is 9.47 Å². The van der Waals surface area contributed by atoms with E-state index in [9.17, 15) is 9.59 Å². The molecule has 2 fully saturated rings. The number of amides is 1. The number of carbonyl (C=O) groups excluding carboxylic acids is 1. The molecule has 2 aliphatic rings. The number of piperidine rings is 1. The molecule has 25 heavy (non-hydrogen) atoms. The molecule has 1 amide bonds. The minimum absolute atomic E-state index is 0.0101. The van der Waals surface area contributed by atoms with Crippen LogP contribution in [0.4, 0.5) is 0 Å². The zero-order valence-electron chi connectivity index (χ0n) is 14.6. The lowest BCUT2D eigenvalue weighted by molar-refractivity contribution is 0.0702. The van der Waals surface area contributed by atoms with Crippen LogP contribution in [0, 0.1) is 0 Å². The first-order chi connectivity index (χ1) is 12.1. The zero-order chi connectivity index (χ0) is 17.4. The molecule has 2 aromatic rings. The van der Waals surface area contributed by atoms with Gasteiger partial charge in [0.2, 0.25) is 0 Å². The molecule has 0 aromatic carbocycles. The van der Waals surface area contributed by atoms with Crippen molar-refractivity contribution < 1.29 is 9.21 Å². The van der Waals surface area contributed by atoms with Gasteiger partial charge in [-0.25, -0.2) is 9.48 Å². The fraction of sp³-hybridized carbons (Fsp3) is 0.611. The summed E-state index contributed by atoms with van der Waals surface area (Å²) < 4.78 is 8.39. The lowest BCUT2D eigenvalue weighted by Crippen LogP contribution is -2.40. The third kappa shape index (κ3) is 2.92. The summed E-state index contributed by atoms with van der Waals surface area (Å²) in [6.07, 6.45) is 9.31. The number of hydrogen-bond donors (Lipinski definition) is 0. The van der Waals surface area contributed by atoms with Crippen LogP contribution in [0.3, 0.4) is 0 Å². The summed E-state index contributed by atoms with van der Waals surface area (Å²) in [5.74, 6) is 0.951. The van der Waals surface area contributed by atoms with E-state index in [2.05, 4.69) is 5.10 Å². The summed E-state index contributed by atoms with van der Waals surface area (Å²) >= 11 is 0. The fourth-order valence-electron chi connectivity index (χ4n) is 4.22. The van der Waals surface area contributed by atoms with Crippen LogP contribution in [0.15, 0.2) is 27.8 Å². The summed E-state index contributed by atoms with van der Waals surface area (Å²) in [6, 6.07) is 1.96. The molecule has 134 valence electrons. The Kier molecular flexibility index (Phi) is 4.23. The predicted molar refractivity (Wildman–Crippen MR) is 91.6 cm³/mol. The summed E-state index contributed by atoms with van der Waals surface area (Å²) in [6.45, 7) is 1.34. The monoisotopic (exact) mass is 344 g/mol. The maximum atomic E-state index is 12.6. The standard InChI is InChI=1S/C18H24N4O3/c1-20-18(24)22(15-6-2-3-7-15)16(19-20)13-5-4-9-21(11-13)17(23)14-8-10-25-12-14/h8,10,12-13,15H,2-7,9,11H2,1H3. The Bertz CT molecular complexity index is 799. The number of likely N-dealkylation sites (tertiary alicyclic amines) is 1. The highest BCUT2D eigenvalue weighted by Gasteiger charge is 2.32. The lowest BCUT2D eigenvalue weighted by Gasteiger charge is -2.32. The van der Waals surface area contributed by atoms with Crippen LogP contribution < -0.4 is 5.69 Å². The molecule has 1 aliphatic heterocycles. The van der Waals surface area contributed by atoms with Gasteiger partial charge in [-0.15, -0.1) is 0 Å². The lowest BCUT2D eigenvalue weighted by atomic mass is 9.96. The molecule has 1 atom stereocenters. The summed E-state index contributed by atoms with van der Waals surface area (Å²) in [4.78, 5) is 27.1. The van der Waals surface area contributed by atoms with Crippen molar-refractivity contribution >= 4 is 5.91 Å². The highest BCUT2D eigenvalue weighted by atomic mass is 16.3. The predicted octanol–water partition coefficient (Wildman–Crippen LogP) is 2.31. The first-order valence-electron chi connectivity index (χ1n) is 9.12. The third-order valence-corrected chi connectivity index (χ3v) is 5.51. The minimum atomic E-state index is -0.0276. The van der Waals surface area contributed by atoms with Crippen molar-refractivity contribution in [3.8, 4) is 0 Å². The Labute approximate surface area is 146 Å². The van der Waals surface area contributed by atoms with E-state index >= 15 is 0 Å². The highest BCUT2D eigenvalue weighted by molar-refractivity contribution is 5.93. The molecule has 1 unspecified atom stereocenters. The summed E-state index contributed by atoms with van der Waals surface area (Å²) in [7, 11) is 1.72. The number of carbonyl (C=O) groups is 1. The first-order valence-corrected chi connectivity index (χ1v) is 9.12. The number of hydrogen-bond acceptors (Lipinski definition) is 4. The second kappa shape index (κ2) is 6.54. The average molecular weight is 344 g/mol. The first kappa shape index (κ1) is 16.2. The Morgan fingerprint density at radius 2 is 2.04 bits per heavy atom. The van der Waals surface area contributed by atoms with Crippen molar-refractivity contribution in [1.82, 2.24) is 19.2 Å². The van der Waals surface area contributed by atoms with Gasteiger partial charge in [-0.2, -0.15) is 5.10 Å². The molecule has 2 aromatic heterocycles. The molecule has 3 heterocycles. The van der Waals surface area contributed by atoms with E-state index in [0.717, 1.165) is 38.1 Å². The van der Waals surface area contributed by atoms with E-state index in [1.54, 1.807) is 13.1 Å². The number of aromatic nitrogens is 3. The Hall–Kier alpha value is -2.31. The van der Waals surface area contributed by atoms with E-state index in [1.165, 1.54) is 30.0 Å². The average Bonchev–Trinajstić information content (AvgIpc) is 3.37. The van der Waals surface area contributed by atoms with Crippen molar-refractivity contribution in [3.63, 3.8) is 0 Å². The van der Waals surface area contributed by atoms with Gasteiger partial charge in [0.05, 0.1) is 11.8 Å². The summed E-state index contributed by atoms with van der Waals surface area (Å²) in [5, 5.41) is 4.55. The molecule has 7 nitrogen and oxygen atoms in total. The second-order valence-corrected chi connectivity index (χ2v) is 7.18. The van der Waals surface area contributed by atoms with Crippen molar-refractivity contribution in [2.75, 3.05) is 13.1 Å². The molecular weight excluding hydrogens is 320 g/mol. The molecule has 0 N–H and O–H groups in total. The van der Waals surface area contributed by atoms with Crippen molar-refractivity contribution in [2.24, 2.45) is 7.05 Å². The van der Waals surface area contributed by atoms with Crippen molar-refractivity contribution in [1.29, 1.82) is 0 Å². The molecule has 1 saturated carbocycles. The maximum absolute atomic E-state index is 12.6. The molecular formula is C18H24N4O3. The normalized spacial score (nSPS) is 21.8. The van der Waals surface area contributed by atoms with Crippen molar-refractivity contribution in [3.05, 3.63) is 40.5 Å². The summed E-state index contributed by atoms with van der Waals surface area (Å²) in [5.41, 5.74) is 0.551. The Morgan fingerprint density at radius 3 is 2.76 bits per heavy atom. The van der Waals surface area contributed by atoms with E-state index in [4.69, 9.17) is 4.42 Å².